The first-order valence-electron chi connectivity index (χ1n) is 10.4. The van der Waals surface area contributed by atoms with E-state index in [4.69, 9.17) is 0 Å². The van der Waals surface area contributed by atoms with Crippen molar-refractivity contribution in [2.75, 3.05) is 22.3 Å². The van der Waals surface area contributed by atoms with Crippen LogP contribution in [0, 0.1) is 5.82 Å². The van der Waals surface area contributed by atoms with E-state index in [0.717, 1.165) is 37.8 Å². The van der Waals surface area contributed by atoms with Crippen LogP contribution in [-0.2, 0) is 14.8 Å². The van der Waals surface area contributed by atoms with E-state index in [1.165, 1.54) is 29.2 Å². The van der Waals surface area contributed by atoms with Crippen molar-refractivity contribution in [1.82, 2.24) is 4.90 Å². The normalized spacial score (nSPS) is 20.5. The van der Waals surface area contributed by atoms with Crippen molar-refractivity contribution in [3.63, 3.8) is 0 Å². The third-order valence-electron chi connectivity index (χ3n) is 5.85. The fraction of sp³-hybridized carbons (Fsp3) is 0.364. The van der Waals surface area contributed by atoms with Gasteiger partial charge in [0, 0.05) is 12.6 Å². The summed E-state index contributed by atoms with van der Waals surface area (Å²) in [6, 6.07) is 10.0. The lowest BCUT2D eigenvalue weighted by Crippen LogP contribution is -2.55. The van der Waals surface area contributed by atoms with Gasteiger partial charge >= 0.3 is 6.03 Å². The summed E-state index contributed by atoms with van der Waals surface area (Å²) in [5.74, 6) is -0.762. The second kappa shape index (κ2) is 8.30. The maximum Gasteiger partial charge on any atom is 0.343 e. The molecule has 0 unspecified atom stereocenters. The summed E-state index contributed by atoms with van der Waals surface area (Å²) in [5.41, 5.74) is 0.187. The zero-order valence-corrected chi connectivity index (χ0v) is 18.0. The van der Waals surface area contributed by atoms with Crippen molar-refractivity contribution in [3.05, 3.63) is 54.3 Å². The Bertz CT molecular complexity index is 1100. The molecule has 164 valence electrons. The fourth-order valence-corrected chi connectivity index (χ4v) is 5.86. The van der Waals surface area contributed by atoms with Gasteiger partial charge in [0.05, 0.1) is 11.4 Å². The number of amides is 3. The van der Waals surface area contributed by atoms with E-state index in [9.17, 15) is 22.4 Å². The molecule has 2 heterocycles. The minimum absolute atomic E-state index is 0.0164. The highest BCUT2D eigenvalue weighted by Gasteiger charge is 2.43. The summed E-state index contributed by atoms with van der Waals surface area (Å²) in [4.78, 5) is 29.4. The van der Waals surface area contributed by atoms with E-state index in [1.807, 2.05) is 6.92 Å². The highest BCUT2D eigenvalue weighted by molar-refractivity contribution is 7.94. The molecule has 2 aromatic carbocycles. The van der Waals surface area contributed by atoms with Gasteiger partial charge in [-0.2, -0.15) is 4.31 Å². The standard InChI is InChI=1S/C22H24FN3O4S/c1-2-17-7-5-6-14-24(17)21(27)15-25-19-8-3-4-9-20(19)31(29,30)26(22(25)28)18-12-10-16(23)11-13-18/h3-4,8-13,17H,2,5-7,14-15H2,1H3/t17-/m1/s1. The Labute approximate surface area is 181 Å². The van der Waals surface area contributed by atoms with Crippen LogP contribution in [0.3, 0.4) is 0 Å². The molecule has 0 radical (unpaired) electrons. The first-order valence-corrected chi connectivity index (χ1v) is 11.8. The number of rotatable bonds is 4. The quantitative estimate of drug-likeness (QED) is 0.718. The Morgan fingerprint density at radius 3 is 2.52 bits per heavy atom. The largest absolute Gasteiger partial charge is 0.343 e. The van der Waals surface area contributed by atoms with Crippen LogP contribution in [0.4, 0.5) is 20.6 Å². The third kappa shape index (κ3) is 3.78. The SMILES string of the molecule is CC[C@@H]1CCCCN1C(=O)CN1C(=O)N(c2ccc(F)cc2)S(=O)(=O)c2ccccc21. The van der Waals surface area contributed by atoms with Crippen molar-refractivity contribution < 1.29 is 22.4 Å². The molecule has 4 rings (SSSR count). The average Bonchev–Trinajstić information content (AvgIpc) is 2.77. The molecule has 1 atom stereocenters. The molecular formula is C22H24FN3O4S. The number of hydrogen-bond donors (Lipinski definition) is 0. The molecule has 1 saturated heterocycles. The maximum atomic E-state index is 13.4. The number of hydrogen-bond acceptors (Lipinski definition) is 4. The molecule has 2 aromatic rings. The number of carbonyl (C=O) groups is 2. The Morgan fingerprint density at radius 2 is 1.81 bits per heavy atom. The topological polar surface area (TPSA) is 78.0 Å². The lowest BCUT2D eigenvalue weighted by atomic mass is 10.00. The maximum absolute atomic E-state index is 13.4. The van der Waals surface area contributed by atoms with Gasteiger partial charge < -0.3 is 4.90 Å². The highest BCUT2D eigenvalue weighted by Crippen LogP contribution is 2.37. The molecular weight excluding hydrogens is 421 g/mol. The molecule has 7 nitrogen and oxygen atoms in total. The van der Waals surface area contributed by atoms with Gasteiger partial charge in [0.1, 0.15) is 17.3 Å². The fourth-order valence-electron chi connectivity index (χ4n) is 4.27. The van der Waals surface area contributed by atoms with Crippen LogP contribution in [0.2, 0.25) is 0 Å². The van der Waals surface area contributed by atoms with Gasteiger partial charge in [-0.15, -0.1) is 0 Å². The summed E-state index contributed by atoms with van der Waals surface area (Å²) in [6.45, 7) is 2.39. The second-order valence-electron chi connectivity index (χ2n) is 7.73. The lowest BCUT2D eigenvalue weighted by Gasteiger charge is -2.39. The molecule has 9 heteroatoms. The first-order chi connectivity index (χ1) is 14.8. The first kappa shape index (κ1) is 21.3. The van der Waals surface area contributed by atoms with Crippen molar-refractivity contribution in [2.45, 2.75) is 43.5 Å². The number of para-hydroxylation sites is 1. The molecule has 0 N–H and O–H groups in total. The second-order valence-corrected chi connectivity index (χ2v) is 9.48. The van der Waals surface area contributed by atoms with Crippen LogP contribution in [0.25, 0.3) is 0 Å². The lowest BCUT2D eigenvalue weighted by molar-refractivity contribution is -0.133. The van der Waals surface area contributed by atoms with Crippen LogP contribution in [0.1, 0.15) is 32.6 Å². The third-order valence-corrected chi connectivity index (χ3v) is 7.60. The summed E-state index contributed by atoms with van der Waals surface area (Å²) in [5, 5.41) is 0. The molecule has 0 aliphatic carbocycles. The predicted molar refractivity (Wildman–Crippen MR) is 115 cm³/mol. The number of fused-ring (bicyclic) bond motifs is 1. The van der Waals surface area contributed by atoms with Crippen LogP contribution >= 0.6 is 0 Å². The number of carbonyl (C=O) groups excluding carboxylic acids is 2. The van der Waals surface area contributed by atoms with E-state index in [-0.39, 0.29) is 34.8 Å². The van der Waals surface area contributed by atoms with Gasteiger partial charge in [-0.1, -0.05) is 19.1 Å². The van der Waals surface area contributed by atoms with E-state index < -0.39 is 21.9 Å². The van der Waals surface area contributed by atoms with Crippen molar-refractivity contribution in [3.8, 4) is 0 Å². The average molecular weight is 446 g/mol. The molecule has 0 saturated carbocycles. The number of benzene rings is 2. The Hall–Kier alpha value is -2.94. The zero-order valence-electron chi connectivity index (χ0n) is 17.2. The van der Waals surface area contributed by atoms with E-state index >= 15 is 0 Å². The summed E-state index contributed by atoms with van der Waals surface area (Å²) >= 11 is 0. The molecule has 0 spiro atoms. The number of piperidine rings is 1. The summed E-state index contributed by atoms with van der Waals surface area (Å²) in [6.07, 6.45) is 3.71. The van der Waals surface area contributed by atoms with Gasteiger partial charge in [0.15, 0.2) is 0 Å². The molecule has 1 fully saturated rings. The Morgan fingerprint density at radius 1 is 1.10 bits per heavy atom. The Kier molecular flexibility index (Phi) is 5.70. The number of nitrogens with zero attached hydrogens (tertiary/aromatic N) is 3. The number of sulfonamides is 1. The molecule has 2 aliphatic heterocycles. The van der Waals surface area contributed by atoms with Crippen LogP contribution in [-0.4, -0.2) is 44.4 Å². The van der Waals surface area contributed by atoms with E-state index in [2.05, 4.69) is 0 Å². The summed E-state index contributed by atoms with van der Waals surface area (Å²) < 4.78 is 40.5. The van der Waals surface area contributed by atoms with Gasteiger partial charge in [-0.25, -0.2) is 17.6 Å². The van der Waals surface area contributed by atoms with E-state index in [1.54, 1.807) is 17.0 Å². The number of urea groups is 1. The molecule has 3 amide bonds. The van der Waals surface area contributed by atoms with Gasteiger partial charge in [-0.3, -0.25) is 9.69 Å². The van der Waals surface area contributed by atoms with Crippen molar-refractivity contribution >= 4 is 33.3 Å². The minimum Gasteiger partial charge on any atom is -0.338 e. The predicted octanol–water partition coefficient (Wildman–Crippen LogP) is 3.75. The van der Waals surface area contributed by atoms with E-state index in [0.29, 0.717) is 10.8 Å². The molecule has 2 aliphatic rings. The smallest absolute Gasteiger partial charge is 0.338 e. The highest BCUT2D eigenvalue weighted by atomic mass is 32.2. The van der Waals surface area contributed by atoms with Crippen molar-refractivity contribution in [1.29, 1.82) is 0 Å². The molecule has 0 bridgehead atoms. The Balaban J connectivity index is 1.74. The van der Waals surface area contributed by atoms with Gasteiger partial charge in [0.2, 0.25) is 5.91 Å². The van der Waals surface area contributed by atoms with Crippen LogP contribution in [0.15, 0.2) is 53.4 Å². The number of halogens is 1. The molecule has 0 aromatic heterocycles. The molecule has 31 heavy (non-hydrogen) atoms. The monoisotopic (exact) mass is 445 g/mol. The number of anilines is 2. The van der Waals surface area contributed by atoms with Gasteiger partial charge in [0.25, 0.3) is 10.0 Å². The summed E-state index contributed by atoms with van der Waals surface area (Å²) in [7, 11) is -4.21. The van der Waals surface area contributed by atoms with Crippen molar-refractivity contribution in [2.24, 2.45) is 0 Å². The number of likely N-dealkylation sites (tertiary alicyclic amines) is 1. The van der Waals surface area contributed by atoms with Crippen LogP contribution < -0.4 is 9.21 Å². The van der Waals surface area contributed by atoms with Crippen LogP contribution in [0.5, 0.6) is 0 Å². The zero-order chi connectivity index (χ0) is 22.2. The van der Waals surface area contributed by atoms with Gasteiger partial charge in [-0.05, 0) is 62.1 Å². The minimum atomic E-state index is -4.21.